The summed E-state index contributed by atoms with van der Waals surface area (Å²) in [4.78, 5) is 2.14. The summed E-state index contributed by atoms with van der Waals surface area (Å²) in [7, 11) is 4.12. The Labute approximate surface area is 122 Å². The van der Waals surface area contributed by atoms with Crippen molar-refractivity contribution < 1.29 is 5.11 Å². The summed E-state index contributed by atoms with van der Waals surface area (Å²) in [5.74, 6) is 1.13. The third-order valence-corrected chi connectivity index (χ3v) is 5.36. The van der Waals surface area contributed by atoms with E-state index in [1.165, 1.54) is 12.8 Å². The third-order valence-electron chi connectivity index (χ3n) is 4.78. The summed E-state index contributed by atoms with van der Waals surface area (Å²) in [6, 6.07) is 0. The smallest absolute Gasteiger partial charge is 0.110 e. The summed E-state index contributed by atoms with van der Waals surface area (Å²) in [5, 5.41) is 15.6. The molecule has 3 atom stereocenters. The summed E-state index contributed by atoms with van der Waals surface area (Å²) >= 11 is 3.58. The van der Waals surface area contributed by atoms with Crippen molar-refractivity contribution in [3.8, 4) is 0 Å². The highest BCUT2D eigenvalue weighted by Crippen LogP contribution is 2.56. The number of halogens is 1. The van der Waals surface area contributed by atoms with Crippen LogP contribution in [-0.4, -0.2) is 40.4 Å². The van der Waals surface area contributed by atoms with E-state index in [0.29, 0.717) is 11.8 Å². The lowest BCUT2D eigenvalue weighted by atomic mass is 9.81. The van der Waals surface area contributed by atoms with Gasteiger partial charge >= 0.3 is 0 Å². The van der Waals surface area contributed by atoms with E-state index in [4.69, 9.17) is 0 Å². The molecular weight excluding hydrogens is 306 g/mol. The second kappa shape index (κ2) is 4.86. The van der Waals surface area contributed by atoms with E-state index in [1.54, 1.807) is 0 Å². The monoisotopic (exact) mass is 327 g/mol. The Morgan fingerprint density at radius 3 is 2.89 bits per heavy atom. The Hall–Kier alpha value is -0.390. The number of nitrogens with zero attached hydrogens (tertiary/aromatic N) is 3. The number of hydrogen-bond acceptors (Lipinski definition) is 3. The van der Waals surface area contributed by atoms with Crippen molar-refractivity contribution in [3.05, 3.63) is 16.4 Å². The molecule has 1 aromatic rings. The molecule has 3 rings (SSSR count). The Balaban J connectivity index is 1.89. The van der Waals surface area contributed by atoms with Gasteiger partial charge in [0, 0.05) is 6.54 Å². The molecular formula is C14H22BrN3O. The number of fused-ring (bicyclic) bond motifs is 2. The molecule has 2 saturated carbocycles. The number of hydrogen-bond donors (Lipinski definition) is 1. The summed E-state index contributed by atoms with van der Waals surface area (Å²) in [6.07, 6.45) is 6.36. The Bertz CT molecular complexity index is 473. The highest BCUT2D eigenvalue weighted by Gasteiger charge is 2.53. The topological polar surface area (TPSA) is 41.3 Å². The van der Waals surface area contributed by atoms with Gasteiger partial charge in [0.05, 0.1) is 22.9 Å². The van der Waals surface area contributed by atoms with Gasteiger partial charge in [0.1, 0.15) is 5.60 Å². The van der Waals surface area contributed by atoms with Crippen LogP contribution >= 0.6 is 15.9 Å². The second-order valence-corrected chi connectivity index (χ2v) is 7.23. The fourth-order valence-electron chi connectivity index (χ4n) is 3.85. The average Bonchev–Trinajstić information content (AvgIpc) is 3.00. The Morgan fingerprint density at radius 1 is 1.53 bits per heavy atom. The largest absolute Gasteiger partial charge is 0.383 e. The third kappa shape index (κ3) is 2.26. The molecule has 1 N–H and O–H groups in total. The quantitative estimate of drug-likeness (QED) is 0.921. The van der Waals surface area contributed by atoms with Crippen molar-refractivity contribution in [1.82, 2.24) is 14.7 Å². The van der Waals surface area contributed by atoms with Gasteiger partial charge < -0.3 is 10.0 Å². The van der Waals surface area contributed by atoms with Gasteiger partial charge in [-0.05, 0) is 67.5 Å². The van der Waals surface area contributed by atoms with Crippen LogP contribution < -0.4 is 0 Å². The first-order chi connectivity index (χ1) is 9.00. The van der Waals surface area contributed by atoms with Gasteiger partial charge in [-0.25, -0.2) is 0 Å². The molecule has 0 saturated heterocycles. The molecule has 2 aliphatic carbocycles. The summed E-state index contributed by atoms with van der Waals surface area (Å²) in [6.45, 7) is 1.76. The average molecular weight is 328 g/mol. The van der Waals surface area contributed by atoms with Crippen molar-refractivity contribution in [1.29, 1.82) is 0 Å². The lowest BCUT2D eigenvalue weighted by molar-refractivity contribution is -0.0269. The lowest BCUT2D eigenvalue weighted by Gasteiger charge is -2.33. The van der Waals surface area contributed by atoms with E-state index in [-0.39, 0.29) is 0 Å². The molecule has 1 heterocycles. The molecule has 2 aliphatic rings. The van der Waals surface area contributed by atoms with E-state index in [0.717, 1.165) is 36.1 Å². The van der Waals surface area contributed by atoms with Gasteiger partial charge in [0.15, 0.2) is 0 Å². The minimum Gasteiger partial charge on any atom is -0.383 e. The Kier molecular flexibility index (Phi) is 3.48. The normalized spacial score (nSPS) is 33.5. The van der Waals surface area contributed by atoms with Crippen molar-refractivity contribution in [3.63, 3.8) is 0 Å². The van der Waals surface area contributed by atoms with Gasteiger partial charge in [-0.3, -0.25) is 4.68 Å². The number of aromatic nitrogens is 2. The fourth-order valence-corrected chi connectivity index (χ4v) is 4.49. The molecule has 0 aromatic carbocycles. The molecule has 0 aliphatic heterocycles. The highest BCUT2D eigenvalue weighted by atomic mass is 79.9. The Morgan fingerprint density at radius 2 is 2.32 bits per heavy atom. The van der Waals surface area contributed by atoms with Crippen LogP contribution in [0.3, 0.4) is 0 Å². The highest BCUT2D eigenvalue weighted by molar-refractivity contribution is 9.10. The molecule has 0 spiro atoms. The van der Waals surface area contributed by atoms with Gasteiger partial charge in [0.25, 0.3) is 0 Å². The molecule has 3 unspecified atom stereocenters. The van der Waals surface area contributed by atoms with Crippen LogP contribution in [0.4, 0.5) is 0 Å². The van der Waals surface area contributed by atoms with E-state index < -0.39 is 5.60 Å². The predicted octanol–water partition coefficient (Wildman–Crippen LogP) is 2.21. The van der Waals surface area contributed by atoms with Crippen molar-refractivity contribution in [2.75, 3.05) is 20.6 Å². The van der Waals surface area contributed by atoms with Crippen LogP contribution in [0, 0.1) is 11.8 Å². The van der Waals surface area contributed by atoms with Gasteiger partial charge in [-0.1, -0.05) is 0 Å². The van der Waals surface area contributed by atoms with Crippen LogP contribution in [-0.2, 0) is 12.1 Å². The first kappa shape index (κ1) is 13.6. The van der Waals surface area contributed by atoms with E-state index >= 15 is 0 Å². The maximum atomic E-state index is 11.2. The molecule has 2 bridgehead atoms. The zero-order valence-electron chi connectivity index (χ0n) is 11.6. The molecule has 2 fully saturated rings. The fraction of sp³-hybridized carbons (Fsp3) is 0.786. The maximum Gasteiger partial charge on any atom is 0.110 e. The van der Waals surface area contributed by atoms with Crippen LogP contribution in [0.25, 0.3) is 0 Å². The molecule has 19 heavy (non-hydrogen) atoms. The van der Waals surface area contributed by atoms with Gasteiger partial charge in [-0.15, -0.1) is 0 Å². The second-order valence-electron chi connectivity index (χ2n) is 6.37. The first-order valence-corrected chi connectivity index (χ1v) is 7.89. The van der Waals surface area contributed by atoms with Gasteiger partial charge in [0.2, 0.25) is 0 Å². The van der Waals surface area contributed by atoms with Gasteiger partial charge in [-0.2, -0.15) is 5.10 Å². The zero-order chi connectivity index (χ0) is 13.6. The molecule has 1 aromatic heterocycles. The predicted molar refractivity (Wildman–Crippen MR) is 77.8 cm³/mol. The van der Waals surface area contributed by atoms with Crippen molar-refractivity contribution in [2.24, 2.45) is 11.8 Å². The minimum absolute atomic E-state index is 0.420. The number of likely N-dealkylation sites (N-methyl/N-ethyl adjacent to an activating group) is 1. The van der Waals surface area contributed by atoms with E-state index in [2.05, 4.69) is 40.0 Å². The molecule has 4 nitrogen and oxygen atoms in total. The van der Waals surface area contributed by atoms with E-state index in [1.807, 2.05) is 10.9 Å². The lowest BCUT2D eigenvalue weighted by Crippen LogP contribution is -2.36. The van der Waals surface area contributed by atoms with Crippen molar-refractivity contribution >= 4 is 15.9 Å². The van der Waals surface area contributed by atoms with Crippen molar-refractivity contribution in [2.45, 2.75) is 37.8 Å². The molecule has 5 heteroatoms. The van der Waals surface area contributed by atoms with Crippen LogP contribution in [0.2, 0.25) is 0 Å². The van der Waals surface area contributed by atoms with Crippen LogP contribution in [0.5, 0.6) is 0 Å². The number of rotatable bonds is 4. The first-order valence-electron chi connectivity index (χ1n) is 7.09. The van der Waals surface area contributed by atoms with Crippen LogP contribution in [0.15, 0.2) is 10.7 Å². The SMILES string of the molecule is CN(C)CCn1ncc(Br)c1C1(O)CC2CCC1C2. The molecule has 0 amide bonds. The summed E-state index contributed by atoms with van der Waals surface area (Å²) < 4.78 is 2.95. The standard InChI is InChI=1S/C14H22BrN3O/c1-17(2)5-6-18-13(12(15)9-16-18)14(19)8-10-3-4-11(14)7-10/h9-11,19H,3-8H2,1-2H3. The summed E-state index contributed by atoms with van der Waals surface area (Å²) in [5.41, 5.74) is 0.339. The van der Waals surface area contributed by atoms with Crippen LogP contribution in [0.1, 0.15) is 31.4 Å². The maximum absolute atomic E-state index is 11.2. The molecule has 106 valence electrons. The minimum atomic E-state index is -0.662. The van der Waals surface area contributed by atoms with E-state index in [9.17, 15) is 5.11 Å². The molecule has 0 radical (unpaired) electrons. The zero-order valence-corrected chi connectivity index (χ0v) is 13.2. The number of aliphatic hydroxyl groups is 1.